The number of aromatic nitrogens is 2. The highest BCUT2D eigenvalue weighted by atomic mass is 35.5. The Kier molecular flexibility index (Phi) is 4.41. The minimum atomic E-state index is -0.146. The predicted octanol–water partition coefficient (Wildman–Crippen LogP) is 3.67. The van der Waals surface area contributed by atoms with Gasteiger partial charge in [0.1, 0.15) is 0 Å². The van der Waals surface area contributed by atoms with Gasteiger partial charge in [0, 0.05) is 22.9 Å². The van der Waals surface area contributed by atoms with Gasteiger partial charge in [0.2, 0.25) is 5.89 Å². The van der Waals surface area contributed by atoms with Crippen molar-refractivity contribution in [3.63, 3.8) is 0 Å². The van der Waals surface area contributed by atoms with E-state index in [1.54, 1.807) is 19.1 Å². The zero-order valence-electron chi connectivity index (χ0n) is 10.2. The molecule has 19 heavy (non-hydrogen) atoms. The van der Waals surface area contributed by atoms with Crippen LogP contribution in [0, 0.1) is 17.2 Å². The monoisotopic (exact) mass is 295 g/mol. The summed E-state index contributed by atoms with van der Waals surface area (Å²) >= 11 is 11.9. The maximum atomic E-state index is 8.73. The van der Waals surface area contributed by atoms with Gasteiger partial charge in [-0.05, 0) is 24.6 Å². The van der Waals surface area contributed by atoms with Crippen LogP contribution in [0.5, 0.6) is 0 Å². The quantitative estimate of drug-likeness (QED) is 0.863. The molecule has 1 heterocycles. The number of halogens is 2. The fraction of sp³-hybridized carbons (Fsp3) is 0.308. The van der Waals surface area contributed by atoms with Crippen molar-refractivity contribution in [3.05, 3.63) is 45.5 Å². The Labute approximate surface area is 120 Å². The predicted molar refractivity (Wildman–Crippen MR) is 72.0 cm³/mol. The van der Waals surface area contributed by atoms with E-state index >= 15 is 0 Å². The van der Waals surface area contributed by atoms with E-state index in [4.69, 9.17) is 33.0 Å². The third-order valence-corrected chi connectivity index (χ3v) is 3.16. The minimum Gasteiger partial charge on any atom is -0.339 e. The maximum absolute atomic E-state index is 8.73. The van der Waals surface area contributed by atoms with Crippen molar-refractivity contribution in [2.75, 3.05) is 0 Å². The Bertz CT molecular complexity index is 619. The second kappa shape index (κ2) is 6.05. The third-order valence-electron chi connectivity index (χ3n) is 2.58. The fourth-order valence-corrected chi connectivity index (χ4v) is 2.06. The molecular formula is C13H11Cl2N3O. The second-order valence-corrected chi connectivity index (χ2v) is 5.09. The minimum absolute atomic E-state index is 0.146. The van der Waals surface area contributed by atoms with Crippen LogP contribution in [-0.2, 0) is 12.8 Å². The van der Waals surface area contributed by atoms with E-state index < -0.39 is 0 Å². The number of hydrogen-bond acceptors (Lipinski definition) is 4. The van der Waals surface area contributed by atoms with E-state index in [2.05, 4.69) is 16.2 Å². The molecule has 98 valence electrons. The summed E-state index contributed by atoms with van der Waals surface area (Å²) in [4.78, 5) is 4.24. The Morgan fingerprint density at radius 2 is 2.21 bits per heavy atom. The van der Waals surface area contributed by atoms with Crippen LogP contribution in [0.4, 0.5) is 0 Å². The first-order chi connectivity index (χ1) is 9.08. The molecule has 0 spiro atoms. The van der Waals surface area contributed by atoms with Crippen molar-refractivity contribution in [1.82, 2.24) is 10.1 Å². The molecule has 0 saturated carbocycles. The van der Waals surface area contributed by atoms with Crippen LogP contribution >= 0.6 is 23.2 Å². The van der Waals surface area contributed by atoms with Crippen molar-refractivity contribution in [3.8, 4) is 6.07 Å². The molecule has 0 aliphatic heterocycles. The molecule has 1 aromatic carbocycles. The van der Waals surface area contributed by atoms with E-state index in [-0.39, 0.29) is 5.92 Å². The van der Waals surface area contributed by atoms with Gasteiger partial charge < -0.3 is 4.52 Å². The molecule has 2 aromatic rings. The number of nitrogens with zero attached hydrogens (tertiary/aromatic N) is 3. The standard InChI is InChI=1S/C13H11Cl2N3O/c1-8(7-16)4-13-17-12(18-19-13)5-9-2-3-10(14)6-11(9)15/h2-3,6,8H,4-5H2,1H3. The van der Waals surface area contributed by atoms with Gasteiger partial charge in [0.05, 0.1) is 12.0 Å². The second-order valence-electron chi connectivity index (χ2n) is 4.25. The molecule has 1 atom stereocenters. The van der Waals surface area contributed by atoms with Gasteiger partial charge in [0.15, 0.2) is 5.82 Å². The van der Waals surface area contributed by atoms with E-state index in [9.17, 15) is 0 Å². The van der Waals surface area contributed by atoms with Crippen molar-refractivity contribution >= 4 is 23.2 Å². The molecule has 0 amide bonds. The summed E-state index contributed by atoms with van der Waals surface area (Å²) in [6.07, 6.45) is 0.929. The van der Waals surface area contributed by atoms with Crippen LogP contribution in [-0.4, -0.2) is 10.1 Å². The Morgan fingerprint density at radius 3 is 2.89 bits per heavy atom. The highest BCUT2D eigenvalue weighted by Crippen LogP contribution is 2.22. The molecule has 1 unspecified atom stereocenters. The SMILES string of the molecule is CC(C#N)Cc1nc(Cc2ccc(Cl)cc2Cl)no1. The van der Waals surface area contributed by atoms with Crippen LogP contribution in [0.3, 0.4) is 0 Å². The van der Waals surface area contributed by atoms with E-state index in [0.717, 1.165) is 5.56 Å². The Morgan fingerprint density at radius 1 is 1.42 bits per heavy atom. The van der Waals surface area contributed by atoms with Gasteiger partial charge in [-0.15, -0.1) is 0 Å². The summed E-state index contributed by atoms with van der Waals surface area (Å²) in [5, 5.41) is 13.8. The highest BCUT2D eigenvalue weighted by Gasteiger charge is 2.12. The summed E-state index contributed by atoms with van der Waals surface area (Å²) in [7, 11) is 0. The van der Waals surface area contributed by atoms with Gasteiger partial charge in [-0.25, -0.2) is 0 Å². The summed E-state index contributed by atoms with van der Waals surface area (Å²) < 4.78 is 5.09. The molecule has 0 fully saturated rings. The molecule has 2 rings (SSSR count). The lowest BCUT2D eigenvalue weighted by Crippen LogP contribution is -1.97. The summed E-state index contributed by atoms with van der Waals surface area (Å²) in [6, 6.07) is 7.40. The van der Waals surface area contributed by atoms with Crippen LogP contribution in [0.25, 0.3) is 0 Å². The lowest BCUT2D eigenvalue weighted by atomic mass is 10.1. The Hall–Kier alpha value is -1.57. The number of rotatable bonds is 4. The lowest BCUT2D eigenvalue weighted by Gasteiger charge is -2.00. The van der Waals surface area contributed by atoms with Crippen molar-refractivity contribution < 1.29 is 4.52 Å². The van der Waals surface area contributed by atoms with Crippen LogP contribution in [0.2, 0.25) is 10.0 Å². The van der Waals surface area contributed by atoms with Gasteiger partial charge in [-0.1, -0.05) is 34.4 Å². The third kappa shape index (κ3) is 3.69. The fourth-order valence-electron chi connectivity index (χ4n) is 1.59. The lowest BCUT2D eigenvalue weighted by molar-refractivity contribution is 0.365. The summed E-state index contributed by atoms with van der Waals surface area (Å²) in [5.74, 6) is 0.867. The molecule has 1 aromatic heterocycles. The number of nitriles is 1. The maximum Gasteiger partial charge on any atom is 0.227 e. The molecular weight excluding hydrogens is 285 g/mol. The molecule has 0 aliphatic rings. The molecule has 0 saturated heterocycles. The zero-order chi connectivity index (χ0) is 13.8. The number of hydrogen-bond donors (Lipinski definition) is 0. The smallest absolute Gasteiger partial charge is 0.227 e. The first kappa shape index (κ1) is 13.9. The normalized spacial score (nSPS) is 12.1. The van der Waals surface area contributed by atoms with Crippen LogP contribution in [0.15, 0.2) is 22.7 Å². The molecule has 6 heteroatoms. The molecule has 0 N–H and O–H groups in total. The van der Waals surface area contributed by atoms with E-state index in [0.29, 0.717) is 34.6 Å². The largest absolute Gasteiger partial charge is 0.339 e. The average molecular weight is 296 g/mol. The molecule has 0 radical (unpaired) electrons. The number of benzene rings is 1. The van der Waals surface area contributed by atoms with Crippen LogP contribution < -0.4 is 0 Å². The first-order valence-electron chi connectivity index (χ1n) is 5.73. The topological polar surface area (TPSA) is 62.7 Å². The summed E-state index contributed by atoms with van der Waals surface area (Å²) in [6.45, 7) is 1.81. The van der Waals surface area contributed by atoms with E-state index in [1.807, 2.05) is 6.07 Å². The van der Waals surface area contributed by atoms with Crippen molar-refractivity contribution in [2.24, 2.45) is 5.92 Å². The van der Waals surface area contributed by atoms with Gasteiger partial charge >= 0.3 is 0 Å². The first-order valence-corrected chi connectivity index (χ1v) is 6.49. The van der Waals surface area contributed by atoms with Crippen LogP contribution in [0.1, 0.15) is 24.2 Å². The summed E-state index contributed by atoms with van der Waals surface area (Å²) in [5.41, 5.74) is 0.881. The highest BCUT2D eigenvalue weighted by molar-refractivity contribution is 6.35. The Balaban J connectivity index is 2.10. The zero-order valence-corrected chi connectivity index (χ0v) is 11.7. The average Bonchev–Trinajstić information content (AvgIpc) is 2.80. The van der Waals surface area contributed by atoms with Gasteiger partial charge in [-0.2, -0.15) is 10.2 Å². The van der Waals surface area contributed by atoms with Gasteiger partial charge in [-0.3, -0.25) is 0 Å². The molecule has 0 aliphatic carbocycles. The van der Waals surface area contributed by atoms with Crippen molar-refractivity contribution in [1.29, 1.82) is 5.26 Å². The molecule has 4 nitrogen and oxygen atoms in total. The molecule has 0 bridgehead atoms. The van der Waals surface area contributed by atoms with Crippen molar-refractivity contribution in [2.45, 2.75) is 19.8 Å². The van der Waals surface area contributed by atoms with Gasteiger partial charge in [0.25, 0.3) is 0 Å². The van der Waals surface area contributed by atoms with E-state index in [1.165, 1.54) is 0 Å².